The minimum atomic E-state index is -0.154. The first-order valence-corrected chi connectivity index (χ1v) is 7.81. The van der Waals surface area contributed by atoms with Gasteiger partial charge in [-0.1, -0.05) is 48.0 Å². The van der Waals surface area contributed by atoms with E-state index in [0.717, 1.165) is 18.5 Å². The minimum Gasteiger partial charge on any atom is -0.340 e. The van der Waals surface area contributed by atoms with Crippen molar-refractivity contribution in [3.8, 4) is 0 Å². The highest BCUT2D eigenvalue weighted by molar-refractivity contribution is 6.30. The zero-order chi connectivity index (χ0) is 15.5. The lowest BCUT2D eigenvalue weighted by Gasteiger charge is -2.29. The number of carbonyl (C=O) groups excluding carboxylic acids is 1. The largest absolute Gasteiger partial charge is 0.340 e. The Morgan fingerprint density at radius 1 is 1.22 bits per heavy atom. The molecule has 5 heteroatoms. The molecule has 122 valence electrons. The summed E-state index contributed by atoms with van der Waals surface area (Å²) < 4.78 is 0. The Labute approximate surface area is 148 Å². The Morgan fingerprint density at radius 3 is 2.70 bits per heavy atom. The number of amides is 1. The molecule has 1 amide bonds. The molecule has 1 unspecified atom stereocenters. The second kappa shape index (κ2) is 7.82. The van der Waals surface area contributed by atoms with Crippen molar-refractivity contribution in [2.24, 2.45) is 0 Å². The molecule has 3 nitrogen and oxygen atoms in total. The number of halogens is 2. The van der Waals surface area contributed by atoms with E-state index in [9.17, 15) is 4.79 Å². The van der Waals surface area contributed by atoms with Crippen LogP contribution in [0.3, 0.4) is 0 Å². The molecule has 1 atom stereocenters. The third-order valence-electron chi connectivity index (χ3n) is 4.06. The van der Waals surface area contributed by atoms with Crippen LogP contribution in [-0.4, -0.2) is 23.9 Å². The van der Waals surface area contributed by atoms with Crippen LogP contribution in [0.1, 0.15) is 16.7 Å². The Bertz CT molecular complexity index is 690. The normalized spacial score (nSPS) is 16.2. The summed E-state index contributed by atoms with van der Waals surface area (Å²) in [4.78, 5) is 14.4. The van der Waals surface area contributed by atoms with Crippen molar-refractivity contribution in [1.29, 1.82) is 0 Å². The molecule has 0 aliphatic carbocycles. The zero-order valence-corrected chi connectivity index (χ0v) is 14.5. The van der Waals surface area contributed by atoms with E-state index in [0.29, 0.717) is 11.6 Å². The number of rotatable bonds is 3. The molecule has 0 spiro atoms. The van der Waals surface area contributed by atoms with Crippen LogP contribution in [0.5, 0.6) is 0 Å². The van der Waals surface area contributed by atoms with Gasteiger partial charge in [-0.25, -0.2) is 0 Å². The lowest BCUT2D eigenvalue weighted by atomic mass is 9.95. The highest BCUT2D eigenvalue weighted by Crippen LogP contribution is 2.18. The molecule has 23 heavy (non-hydrogen) atoms. The minimum absolute atomic E-state index is 0. The maximum absolute atomic E-state index is 12.6. The Kier molecular flexibility index (Phi) is 6.05. The van der Waals surface area contributed by atoms with Crippen LogP contribution in [0.15, 0.2) is 48.5 Å². The van der Waals surface area contributed by atoms with E-state index in [2.05, 4.69) is 17.4 Å². The zero-order valence-electron chi connectivity index (χ0n) is 13.0. The van der Waals surface area contributed by atoms with Gasteiger partial charge in [-0.05, 0) is 35.2 Å². The number of nitrogens with zero attached hydrogens (tertiary/aromatic N) is 1. The highest BCUT2D eigenvalue weighted by atomic mass is 35.5. The lowest BCUT2D eigenvalue weighted by Crippen LogP contribution is -2.48. The first kappa shape index (κ1) is 17.8. The number of likely N-dealkylation sites (N-methyl/N-ethyl adjacent to an activating group) is 1. The van der Waals surface area contributed by atoms with Gasteiger partial charge in [-0.2, -0.15) is 0 Å². The van der Waals surface area contributed by atoms with Crippen LogP contribution in [0.4, 0.5) is 0 Å². The van der Waals surface area contributed by atoms with Crippen LogP contribution >= 0.6 is 24.0 Å². The SMILES string of the molecule is CN(Cc1cccc(Cl)c1)C(=O)C1Cc2ccccc2CN1.Cl. The first-order chi connectivity index (χ1) is 10.6. The van der Waals surface area contributed by atoms with Crippen LogP contribution in [0, 0.1) is 0 Å². The molecule has 0 aromatic heterocycles. The third kappa shape index (κ3) is 4.25. The van der Waals surface area contributed by atoms with Crippen LogP contribution in [0.2, 0.25) is 5.02 Å². The number of benzene rings is 2. The molecule has 1 N–H and O–H groups in total. The summed E-state index contributed by atoms with van der Waals surface area (Å²) in [5, 5.41) is 4.03. The average Bonchev–Trinajstić information content (AvgIpc) is 2.53. The maximum Gasteiger partial charge on any atom is 0.240 e. The van der Waals surface area contributed by atoms with Gasteiger partial charge >= 0.3 is 0 Å². The van der Waals surface area contributed by atoms with Crippen LogP contribution in [0.25, 0.3) is 0 Å². The van der Waals surface area contributed by atoms with E-state index in [1.54, 1.807) is 4.90 Å². The fourth-order valence-corrected chi connectivity index (χ4v) is 3.09. The van der Waals surface area contributed by atoms with Crippen molar-refractivity contribution in [1.82, 2.24) is 10.2 Å². The van der Waals surface area contributed by atoms with Crippen molar-refractivity contribution in [3.63, 3.8) is 0 Å². The topological polar surface area (TPSA) is 32.3 Å². The van der Waals surface area contributed by atoms with Gasteiger partial charge in [0.05, 0.1) is 6.04 Å². The fraction of sp³-hybridized carbons (Fsp3) is 0.278. The fourth-order valence-electron chi connectivity index (χ4n) is 2.88. The van der Waals surface area contributed by atoms with Crippen LogP contribution in [-0.2, 0) is 24.3 Å². The second-order valence-electron chi connectivity index (χ2n) is 5.73. The van der Waals surface area contributed by atoms with E-state index in [1.165, 1.54) is 11.1 Å². The molecule has 0 radical (unpaired) electrons. The van der Waals surface area contributed by atoms with Gasteiger partial charge in [-0.3, -0.25) is 4.79 Å². The van der Waals surface area contributed by atoms with Crippen molar-refractivity contribution >= 4 is 29.9 Å². The summed E-state index contributed by atoms with van der Waals surface area (Å²) in [5.74, 6) is 0.120. The number of hydrogen-bond donors (Lipinski definition) is 1. The summed E-state index contributed by atoms with van der Waals surface area (Å²) in [5.41, 5.74) is 3.58. The standard InChI is InChI=1S/C18H19ClN2O.ClH/c1-21(12-13-5-4-8-16(19)9-13)18(22)17-10-14-6-2-3-7-15(14)11-20-17;/h2-9,17,20H,10-12H2,1H3;1H. The third-order valence-corrected chi connectivity index (χ3v) is 4.30. The summed E-state index contributed by atoms with van der Waals surface area (Å²) in [6.07, 6.45) is 0.745. The maximum atomic E-state index is 12.6. The molecular weight excluding hydrogens is 331 g/mol. The van der Waals surface area contributed by atoms with Gasteiger partial charge in [0.25, 0.3) is 0 Å². The summed E-state index contributed by atoms with van der Waals surface area (Å²) in [7, 11) is 1.84. The highest BCUT2D eigenvalue weighted by Gasteiger charge is 2.26. The van der Waals surface area contributed by atoms with E-state index in [4.69, 9.17) is 11.6 Å². The summed E-state index contributed by atoms with van der Waals surface area (Å²) >= 11 is 6.00. The summed E-state index contributed by atoms with van der Waals surface area (Å²) in [6.45, 7) is 1.32. The molecule has 0 fully saturated rings. The van der Waals surface area contributed by atoms with Gasteiger partial charge in [0.15, 0.2) is 0 Å². The van der Waals surface area contributed by atoms with E-state index < -0.39 is 0 Å². The van der Waals surface area contributed by atoms with Crippen molar-refractivity contribution in [3.05, 3.63) is 70.2 Å². The molecule has 0 saturated carbocycles. The van der Waals surface area contributed by atoms with Gasteiger partial charge in [-0.15, -0.1) is 12.4 Å². The molecule has 2 aromatic rings. The summed E-state index contributed by atoms with van der Waals surface area (Å²) in [6, 6.07) is 15.8. The Balaban J connectivity index is 0.00000192. The average molecular weight is 351 g/mol. The van der Waals surface area contributed by atoms with E-state index in [-0.39, 0.29) is 24.4 Å². The predicted octanol–water partition coefficient (Wildman–Crippen LogP) is 3.43. The number of nitrogens with one attached hydrogen (secondary N) is 1. The van der Waals surface area contributed by atoms with Crippen LogP contribution < -0.4 is 5.32 Å². The number of carbonyl (C=O) groups is 1. The molecule has 1 aliphatic heterocycles. The monoisotopic (exact) mass is 350 g/mol. The smallest absolute Gasteiger partial charge is 0.240 e. The molecule has 1 aliphatic rings. The Morgan fingerprint density at radius 2 is 1.96 bits per heavy atom. The van der Waals surface area contributed by atoms with Crippen molar-refractivity contribution in [2.75, 3.05) is 7.05 Å². The van der Waals surface area contributed by atoms with Gasteiger partial charge in [0, 0.05) is 25.2 Å². The lowest BCUT2D eigenvalue weighted by molar-refractivity contribution is -0.132. The van der Waals surface area contributed by atoms with E-state index >= 15 is 0 Å². The molecule has 3 rings (SSSR count). The van der Waals surface area contributed by atoms with Gasteiger partial charge in [0.2, 0.25) is 5.91 Å². The quantitative estimate of drug-likeness (QED) is 0.919. The van der Waals surface area contributed by atoms with Crippen molar-refractivity contribution in [2.45, 2.75) is 25.6 Å². The number of hydrogen-bond acceptors (Lipinski definition) is 2. The molecule has 0 saturated heterocycles. The van der Waals surface area contributed by atoms with Gasteiger partial charge < -0.3 is 10.2 Å². The Hall–Kier alpha value is -1.55. The molecular formula is C18H20Cl2N2O. The molecule has 1 heterocycles. The van der Waals surface area contributed by atoms with E-state index in [1.807, 2.05) is 43.4 Å². The molecule has 2 aromatic carbocycles. The molecule has 0 bridgehead atoms. The van der Waals surface area contributed by atoms with Crippen molar-refractivity contribution < 1.29 is 4.79 Å². The second-order valence-corrected chi connectivity index (χ2v) is 6.17. The van der Waals surface area contributed by atoms with Gasteiger partial charge in [0.1, 0.15) is 0 Å². The number of fused-ring (bicyclic) bond motifs is 1. The first-order valence-electron chi connectivity index (χ1n) is 7.43. The predicted molar refractivity (Wildman–Crippen MR) is 95.9 cm³/mol.